The van der Waals surface area contributed by atoms with E-state index < -0.39 is 5.60 Å². The zero-order valence-electron chi connectivity index (χ0n) is 14.6. The molecule has 27 heavy (non-hydrogen) atoms. The first kappa shape index (κ1) is 15.8. The van der Waals surface area contributed by atoms with E-state index in [0.29, 0.717) is 11.1 Å². The van der Waals surface area contributed by atoms with E-state index in [2.05, 4.69) is 24.3 Å². The zero-order chi connectivity index (χ0) is 18.3. The maximum atomic E-state index is 14.5. The molecule has 0 radical (unpaired) electrons. The second-order valence-electron chi connectivity index (χ2n) is 6.73. The van der Waals surface area contributed by atoms with Crippen LogP contribution in [-0.4, -0.2) is 0 Å². The van der Waals surface area contributed by atoms with E-state index in [1.54, 1.807) is 12.1 Å². The van der Waals surface area contributed by atoms with Crippen LogP contribution < -0.4 is 4.74 Å². The molecule has 0 unspecified atom stereocenters. The molecule has 0 aliphatic carbocycles. The van der Waals surface area contributed by atoms with Gasteiger partial charge in [0.15, 0.2) is 5.60 Å². The summed E-state index contributed by atoms with van der Waals surface area (Å²) in [5.74, 6) is 0.478. The average Bonchev–Trinajstić information content (AvgIpc) is 2.75. The molecule has 2 heteroatoms. The zero-order valence-corrected chi connectivity index (χ0v) is 14.6. The largest absolute Gasteiger partial charge is 0.472 e. The fourth-order valence-corrected chi connectivity index (χ4v) is 3.81. The van der Waals surface area contributed by atoms with Gasteiger partial charge in [0.05, 0.1) is 0 Å². The van der Waals surface area contributed by atoms with Crippen molar-refractivity contribution in [3.63, 3.8) is 0 Å². The second kappa shape index (κ2) is 6.10. The third-order valence-corrected chi connectivity index (χ3v) is 5.14. The van der Waals surface area contributed by atoms with E-state index >= 15 is 0 Å². The van der Waals surface area contributed by atoms with Gasteiger partial charge in [0, 0.05) is 27.5 Å². The van der Waals surface area contributed by atoms with Crippen molar-refractivity contribution in [2.75, 3.05) is 0 Å². The first-order valence-electron chi connectivity index (χ1n) is 8.98. The lowest BCUT2D eigenvalue weighted by Crippen LogP contribution is -2.34. The predicted octanol–water partition coefficient (Wildman–Crippen LogP) is 6.33. The van der Waals surface area contributed by atoms with Crippen LogP contribution in [0.1, 0.15) is 16.7 Å². The molecule has 0 aromatic heterocycles. The maximum Gasteiger partial charge on any atom is 0.178 e. The van der Waals surface area contributed by atoms with Crippen molar-refractivity contribution in [3.05, 3.63) is 120 Å². The smallest absolute Gasteiger partial charge is 0.178 e. The Labute approximate surface area is 157 Å². The summed E-state index contributed by atoms with van der Waals surface area (Å²) in [7, 11) is 0. The first-order valence-corrected chi connectivity index (χ1v) is 8.98. The van der Waals surface area contributed by atoms with Crippen molar-refractivity contribution in [1.29, 1.82) is 0 Å². The van der Waals surface area contributed by atoms with Crippen LogP contribution >= 0.6 is 0 Å². The highest BCUT2D eigenvalue weighted by Crippen LogP contribution is 2.45. The van der Waals surface area contributed by atoms with E-state index in [-0.39, 0.29) is 5.82 Å². The Balaban J connectivity index is 1.79. The molecule has 4 aromatic rings. The summed E-state index contributed by atoms with van der Waals surface area (Å²) in [6.45, 7) is 0. The minimum atomic E-state index is -0.754. The molecule has 0 saturated heterocycles. The van der Waals surface area contributed by atoms with E-state index in [1.165, 1.54) is 0 Å². The van der Waals surface area contributed by atoms with Crippen molar-refractivity contribution in [2.45, 2.75) is 5.60 Å². The maximum absolute atomic E-state index is 14.5. The van der Waals surface area contributed by atoms with Crippen molar-refractivity contribution < 1.29 is 9.13 Å². The van der Waals surface area contributed by atoms with Gasteiger partial charge in [0.25, 0.3) is 0 Å². The van der Waals surface area contributed by atoms with Gasteiger partial charge in [-0.25, -0.2) is 4.39 Å². The molecule has 130 valence electrons. The van der Waals surface area contributed by atoms with E-state index in [1.807, 2.05) is 66.7 Å². The number of benzene rings is 4. The molecule has 0 fully saturated rings. The predicted molar refractivity (Wildman–Crippen MR) is 107 cm³/mol. The number of halogens is 1. The lowest BCUT2D eigenvalue weighted by Gasteiger charge is -2.36. The highest BCUT2D eigenvalue weighted by atomic mass is 19.1. The van der Waals surface area contributed by atoms with E-state index in [9.17, 15) is 4.39 Å². The summed E-state index contributed by atoms with van der Waals surface area (Å²) in [4.78, 5) is 0. The van der Waals surface area contributed by atoms with Gasteiger partial charge in [-0.3, -0.25) is 0 Å². The monoisotopic (exact) mass is 352 g/mol. The van der Waals surface area contributed by atoms with Gasteiger partial charge in [-0.15, -0.1) is 0 Å². The summed E-state index contributed by atoms with van der Waals surface area (Å²) in [5, 5.41) is 1.36. The first-order chi connectivity index (χ1) is 13.3. The highest BCUT2D eigenvalue weighted by Gasteiger charge is 2.37. The fraction of sp³-hybridized carbons (Fsp3) is 0.0400. The Morgan fingerprint density at radius 3 is 1.85 bits per heavy atom. The third-order valence-electron chi connectivity index (χ3n) is 5.14. The average molecular weight is 352 g/mol. The SMILES string of the molecule is Fc1cc2c(c3ccccc13)OC(c1ccccc1)(c1ccccc1)C=C2. The Hall–Kier alpha value is -3.39. The van der Waals surface area contributed by atoms with Gasteiger partial charge in [0.2, 0.25) is 0 Å². The van der Waals surface area contributed by atoms with Crippen LogP contribution in [0.15, 0.2) is 97.1 Å². The summed E-state index contributed by atoms with van der Waals surface area (Å²) >= 11 is 0. The standard InChI is InChI=1S/C25H17FO/c26-23-17-18-15-16-25(19-9-3-1-4-10-19,20-11-5-2-6-12-20)27-24(18)22-14-8-7-13-21(22)23/h1-17H. The summed E-state index contributed by atoms with van der Waals surface area (Å²) in [6, 6.07) is 29.3. The van der Waals surface area contributed by atoms with E-state index in [4.69, 9.17) is 4.74 Å². The normalized spacial score (nSPS) is 14.6. The van der Waals surface area contributed by atoms with Gasteiger partial charge < -0.3 is 4.74 Å². The molecule has 1 aliphatic rings. The summed E-state index contributed by atoms with van der Waals surface area (Å²) in [5.41, 5.74) is 2.07. The minimum absolute atomic E-state index is 0.232. The van der Waals surface area contributed by atoms with Crippen LogP contribution in [-0.2, 0) is 5.60 Å². The van der Waals surface area contributed by atoms with Crippen molar-refractivity contribution >= 4 is 16.8 Å². The van der Waals surface area contributed by atoms with Crippen LogP contribution in [0, 0.1) is 5.82 Å². The third kappa shape index (κ3) is 2.45. The lowest BCUT2D eigenvalue weighted by atomic mass is 9.83. The van der Waals surface area contributed by atoms with Crippen LogP contribution in [0.3, 0.4) is 0 Å². The molecule has 4 aromatic carbocycles. The minimum Gasteiger partial charge on any atom is -0.472 e. The number of hydrogen-bond donors (Lipinski definition) is 0. The molecular weight excluding hydrogens is 335 g/mol. The second-order valence-corrected chi connectivity index (χ2v) is 6.73. The van der Waals surface area contributed by atoms with Crippen LogP contribution in [0.2, 0.25) is 0 Å². The van der Waals surface area contributed by atoms with Crippen LogP contribution in [0.4, 0.5) is 4.39 Å². The van der Waals surface area contributed by atoms with Gasteiger partial charge in [-0.2, -0.15) is 0 Å². The number of ether oxygens (including phenoxy) is 1. The van der Waals surface area contributed by atoms with Gasteiger partial charge in [-0.1, -0.05) is 91.0 Å². The molecule has 1 aliphatic heterocycles. The number of rotatable bonds is 2. The molecule has 5 rings (SSSR count). The van der Waals surface area contributed by atoms with Gasteiger partial charge in [0.1, 0.15) is 11.6 Å². The number of hydrogen-bond acceptors (Lipinski definition) is 1. The Bertz CT molecular complexity index is 1110. The molecule has 1 heterocycles. The molecule has 0 bridgehead atoms. The van der Waals surface area contributed by atoms with Crippen molar-refractivity contribution in [3.8, 4) is 5.75 Å². The topological polar surface area (TPSA) is 9.23 Å². The molecule has 0 N–H and O–H groups in total. The molecule has 0 amide bonds. The van der Waals surface area contributed by atoms with Crippen molar-refractivity contribution in [2.24, 2.45) is 0 Å². The molecule has 0 saturated carbocycles. The molecular formula is C25H17FO. The lowest BCUT2D eigenvalue weighted by molar-refractivity contribution is 0.163. The Kier molecular flexibility index (Phi) is 3.58. The molecule has 0 atom stereocenters. The summed E-state index contributed by atoms with van der Waals surface area (Å²) in [6.07, 6.45) is 3.99. The fourth-order valence-electron chi connectivity index (χ4n) is 3.81. The highest BCUT2D eigenvalue weighted by molar-refractivity contribution is 5.93. The van der Waals surface area contributed by atoms with Crippen molar-refractivity contribution in [1.82, 2.24) is 0 Å². The summed E-state index contributed by atoms with van der Waals surface area (Å²) < 4.78 is 21.2. The number of fused-ring (bicyclic) bond motifs is 3. The van der Waals surface area contributed by atoms with E-state index in [0.717, 1.165) is 22.1 Å². The van der Waals surface area contributed by atoms with Gasteiger partial charge >= 0.3 is 0 Å². The molecule has 1 nitrogen and oxygen atoms in total. The molecule has 0 spiro atoms. The quantitative estimate of drug-likeness (QED) is 0.410. The Morgan fingerprint density at radius 2 is 1.22 bits per heavy atom. The van der Waals surface area contributed by atoms with Crippen LogP contribution in [0.25, 0.3) is 16.8 Å². The Morgan fingerprint density at radius 1 is 0.667 bits per heavy atom. The van der Waals surface area contributed by atoms with Crippen LogP contribution in [0.5, 0.6) is 5.75 Å². The van der Waals surface area contributed by atoms with Gasteiger partial charge in [-0.05, 0) is 12.1 Å².